The van der Waals surface area contributed by atoms with Gasteiger partial charge in [0, 0.05) is 16.8 Å². The van der Waals surface area contributed by atoms with Gasteiger partial charge in [-0.3, -0.25) is 0 Å². The largest absolute Gasteiger partial charge is 0.308 e. The highest BCUT2D eigenvalue weighted by Crippen LogP contribution is 2.29. The minimum absolute atomic E-state index is 0.715. The Hall–Kier alpha value is -1.52. The van der Waals surface area contributed by atoms with Crippen molar-refractivity contribution >= 4 is 17.6 Å². The molecule has 0 aliphatic heterocycles. The maximum absolute atomic E-state index is 5.37. The van der Waals surface area contributed by atoms with Crippen LogP contribution in [-0.2, 0) is 18.6 Å². The number of rotatable bonds is 4. The number of nitrogens with zero attached hydrogens (tertiary/aromatic N) is 1. The zero-order valence-corrected chi connectivity index (χ0v) is 11.5. The number of nitrogens with one attached hydrogen (secondary N) is 1. The molecule has 0 bridgehead atoms. The summed E-state index contributed by atoms with van der Waals surface area (Å²) in [5.41, 5.74) is 6.87. The van der Waals surface area contributed by atoms with Gasteiger partial charge in [-0.2, -0.15) is 0 Å². The van der Waals surface area contributed by atoms with Gasteiger partial charge in [-0.25, -0.2) is 10.8 Å². The fraction of sp³-hybridized carbons (Fsp3) is 0.267. The van der Waals surface area contributed by atoms with Crippen molar-refractivity contribution in [1.82, 2.24) is 4.98 Å². The molecule has 4 heteroatoms. The van der Waals surface area contributed by atoms with Crippen LogP contribution in [0.4, 0.5) is 5.82 Å². The Morgan fingerprint density at radius 2 is 2.05 bits per heavy atom. The fourth-order valence-electron chi connectivity index (χ4n) is 2.45. The van der Waals surface area contributed by atoms with Crippen LogP contribution in [-0.4, -0.2) is 4.98 Å². The Morgan fingerprint density at radius 3 is 2.95 bits per heavy atom. The number of hydrogen-bond donors (Lipinski definition) is 2. The fourth-order valence-corrected chi connectivity index (χ4v) is 3.35. The first-order valence-corrected chi connectivity index (χ1v) is 7.50. The van der Waals surface area contributed by atoms with Crippen molar-refractivity contribution < 1.29 is 0 Å². The van der Waals surface area contributed by atoms with E-state index in [4.69, 9.17) is 5.84 Å². The van der Waals surface area contributed by atoms with E-state index in [0.717, 1.165) is 5.75 Å². The normalized spacial score (nSPS) is 13.3. The lowest BCUT2D eigenvalue weighted by atomic mass is 10.1. The second kappa shape index (κ2) is 5.63. The van der Waals surface area contributed by atoms with E-state index in [1.165, 1.54) is 40.8 Å². The molecule has 0 saturated heterocycles. The number of benzene rings is 1. The van der Waals surface area contributed by atoms with Crippen molar-refractivity contribution in [2.45, 2.75) is 29.9 Å². The predicted octanol–water partition coefficient (Wildman–Crippen LogP) is 3.15. The van der Waals surface area contributed by atoms with E-state index < -0.39 is 0 Å². The second-order valence-electron chi connectivity index (χ2n) is 4.77. The smallest absolute Gasteiger partial charge is 0.140 e. The number of nitrogen functional groups attached to an aromatic ring is 1. The molecule has 0 spiro atoms. The molecule has 3 N–H and O–H groups in total. The topological polar surface area (TPSA) is 50.9 Å². The summed E-state index contributed by atoms with van der Waals surface area (Å²) in [7, 11) is 0. The summed E-state index contributed by atoms with van der Waals surface area (Å²) in [5.74, 6) is 7.02. The van der Waals surface area contributed by atoms with Gasteiger partial charge in [0.15, 0.2) is 0 Å². The van der Waals surface area contributed by atoms with Crippen molar-refractivity contribution in [1.29, 1.82) is 0 Å². The third-order valence-electron chi connectivity index (χ3n) is 3.45. The summed E-state index contributed by atoms with van der Waals surface area (Å²) >= 11 is 1.86. The Kier molecular flexibility index (Phi) is 3.71. The summed E-state index contributed by atoms with van der Waals surface area (Å²) in [6.07, 6.45) is 5.57. The van der Waals surface area contributed by atoms with E-state index in [-0.39, 0.29) is 0 Å². The highest BCUT2D eigenvalue weighted by molar-refractivity contribution is 7.98. The van der Waals surface area contributed by atoms with Crippen molar-refractivity contribution in [3.8, 4) is 0 Å². The van der Waals surface area contributed by atoms with E-state index in [1.54, 1.807) is 6.20 Å². The average Bonchev–Trinajstić information content (AvgIpc) is 2.93. The first-order chi connectivity index (χ1) is 9.35. The highest BCUT2D eigenvalue weighted by Gasteiger charge is 2.10. The highest BCUT2D eigenvalue weighted by atomic mass is 32.2. The number of fused-ring (bicyclic) bond motifs is 1. The first-order valence-electron chi connectivity index (χ1n) is 6.51. The van der Waals surface area contributed by atoms with Crippen LogP contribution in [0.25, 0.3) is 0 Å². The van der Waals surface area contributed by atoms with Crippen LogP contribution in [0.3, 0.4) is 0 Å². The quantitative estimate of drug-likeness (QED) is 0.509. The van der Waals surface area contributed by atoms with Crippen LogP contribution < -0.4 is 11.3 Å². The van der Waals surface area contributed by atoms with Crippen LogP contribution in [0, 0.1) is 0 Å². The van der Waals surface area contributed by atoms with Gasteiger partial charge in [-0.1, -0.05) is 6.07 Å². The Balaban J connectivity index is 1.68. The molecular weight excluding hydrogens is 254 g/mol. The molecule has 98 valence electrons. The Labute approximate surface area is 117 Å². The molecule has 3 rings (SSSR count). The number of pyridine rings is 1. The molecule has 1 aliphatic rings. The zero-order valence-electron chi connectivity index (χ0n) is 10.7. The number of aryl methyl sites for hydroxylation is 2. The summed E-state index contributed by atoms with van der Waals surface area (Å²) in [4.78, 5) is 5.46. The molecule has 0 amide bonds. The van der Waals surface area contributed by atoms with E-state index in [9.17, 15) is 0 Å². The van der Waals surface area contributed by atoms with Gasteiger partial charge in [-0.05, 0) is 60.2 Å². The number of nitrogens with two attached hydrogens (primary N) is 1. The molecule has 0 radical (unpaired) electrons. The Bertz CT molecular complexity index is 583. The molecule has 1 heterocycles. The van der Waals surface area contributed by atoms with Crippen LogP contribution >= 0.6 is 11.8 Å². The van der Waals surface area contributed by atoms with Gasteiger partial charge in [0.2, 0.25) is 0 Å². The summed E-state index contributed by atoms with van der Waals surface area (Å²) in [6, 6.07) is 10.9. The number of hydrazine groups is 1. The third-order valence-corrected chi connectivity index (χ3v) is 4.51. The molecule has 1 aromatic heterocycles. The molecular formula is C15H17N3S. The molecule has 1 aromatic carbocycles. The number of thioether (sulfide) groups is 1. The molecule has 2 aromatic rings. The summed E-state index contributed by atoms with van der Waals surface area (Å²) in [5, 5.41) is 0. The maximum atomic E-state index is 5.37. The Morgan fingerprint density at radius 1 is 1.16 bits per heavy atom. The van der Waals surface area contributed by atoms with Crippen LogP contribution in [0.2, 0.25) is 0 Å². The van der Waals surface area contributed by atoms with Crippen molar-refractivity contribution in [3.05, 3.63) is 53.2 Å². The minimum Gasteiger partial charge on any atom is -0.308 e. The lowest BCUT2D eigenvalue weighted by Gasteiger charge is -2.06. The first kappa shape index (κ1) is 12.5. The second-order valence-corrected chi connectivity index (χ2v) is 5.82. The molecule has 0 atom stereocenters. The van der Waals surface area contributed by atoms with Crippen molar-refractivity contribution in [2.75, 3.05) is 5.43 Å². The molecule has 3 nitrogen and oxygen atoms in total. The maximum Gasteiger partial charge on any atom is 0.140 e. The SMILES string of the molecule is NNc1cc(CSc2ccc3c(c2)CCC3)ccn1. The summed E-state index contributed by atoms with van der Waals surface area (Å²) < 4.78 is 0. The van der Waals surface area contributed by atoms with Crippen molar-refractivity contribution in [2.24, 2.45) is 5.84 Å². The third kappa shape index (κ3) is 2.91. The average molecular weight is 271 g/mol. The van der Waals surface area contributed by atoms with E-state index >= 15 is 0 Å². The molecule has 0 saturated carbocycles. The molecule has 1 aliphatic carbocycles. The van der Waals surface area contributed by atoms with Gasteiger partial charge in [0.1, 0.15) is 5.82 Å². The zero-order chi connectivity index (χ0) is 13.1. The van der Waals surface area contributed by atoms with Gasteiger partial charge >= 0.3 is 0 Å². The lowest BCUT2D eigenvalue weighted by Crippen LogP contribution is -2.08. The monoisotopic (exact) mass is 271 g/mol. The van der Waals surface area contributed by atoms with Gasteiger partial charge in [0.05, 0.1) is 0 Å². The van der Waals surface area contributed by atoms with Crippen LogP contribution in [0.15, 0.2) is 41.4 Å². The number of aromatic nitrogens is 1. The van der Waals surface area contributed by atoms with E-state index in [2.05, 4.69) is 28.6 Å². The number of anilines is 1. The standard InChI is InChI=1S/C15H17N3S/c16-18-15-8-11(6-7-17-15)10-19-14-5-4-12-2-1-3-13(12)9-14/h4-9H,1-3,10,16H2,(H,17,18). The van der Waals surface area contributed by atoms with Gasteiger partial charge in [-0.15, -0.1) is 11.8 Å². The van der Waals surface area contributed by atoms with Crippen LogP contribution in [0.1, 0.15) is 23.1 Å². The van der Waals surface area contributed by atoms with Gasteiger partial charge < -0.3 is 5.43 Å². The predicted molar refractivity (Wildman–Crippen MR) is 80.1 cm³/mol. The lowest BCUT2D eigenvalue weighted by molar-refractivity contribution is 0.911. The minimum atomic E-state index is 0.715. The molecule has 0 fully saturated rings. The summed E-state index contributed by atoms with van der Waals surface area (Å²) in [6.45, 7) is 0. The molecule has 19 heavy (non-hydrogen) atoms. The van der Waals surface area contributed by atoms with E-state index in [0.29, 0.717) is 5.82 Å². The van der Waals surface area contributed by atoms with Crippen LogP contribution in [0.5, 0.6) is 0 Å². The number of hydrogen-bond acceptors (Lipinski definition) is 4. The van der Waals surface area contributed by atoms with E-state index in [1.807, 2.05) is 23.9 Å². The van der Waals surface area contributed by atoms with Gasteiger partial charge in [0.25, 0.3) is 0 Å². The van der Waals surface area contributed by atoms with Crippen molar-refractivity contribution in [3.63, 3.8) is 0 Å². The molecule has 0 unspecified atom stereocenters.